The van der Waals surface area contributed by atoms with Crippen molar-refractivity contribution in [3.63, 3.8) is 0 Å². The van der Waals surface area contributed by atoms with Crippen LogP contribution in [0.3, 0.4) is 0 Å². The predicted molar refractivity (Wildman–Crippen MR) is 183 cm³/mol. The first kappa shape index (κ1) is 34.8. The fraction of sp³-hybridized carbons (Fsp3) is 0.371. The summed E-state index contributed by atoms with van der Waals surface area (Å²) in [5, 5.41) is 8.14. The molecule has 2 amide bonds. The van der Waals surface area contributed by atoms with Gasteiger partial charge in [-0.05, 0) is 85.2 Å². The van der Waals surface area contributed by atoms with Crippen molar-refractivity contribution in [1.29, 1.82) is 0 Å². The molecule has 5 rings (SSSR count). The van der Waals surface area contributed by atoms with Crippen LogP contribution in [0, 0.1) is 0 Å². The zero-order valence-corrected chi connectivity index (χ0v) is 28.3. The Balaban J connectivity index is 1.17. The SMILES string of the molecule is COc1ccc(N2C(=NC(=O)NCCC(C)c3ccc(-c4ncn(-c5ccc(OC(F)(F)F)cc5)n4)cc3)SCCC2C)c(C(C)C)c1. The number of halogens is 3. The monoisotopic (exact) mass is 680 g/mol. The van der Waals surface area contributed by atoms with Crippen LogP contribution in [0.4, 0.5) is 23.7 Å². The Kier molecular flexibility index (Phi) is 11.0. The number of carbonyl (C=O) groups excluding carboxylic acids is 1. The minimum Gasteiger partial charge on any atom is -0.497 e. The van der Waals surface area contributed by atoms with Crippen molar-refractivity contribution in [2.45, 2.75) is 64.8 Å². The number of aliphatic imine (C=N–C) groups is 1. The lowest BCUT2D eigenvalue weighted by molar-refractivity contribution is -0.274. The van der Waals surface area contributed by atoms with Crippen LogP contribution in [0.15, 0.2) is 78.0 Å². The number of hydrogen-bond donors (Lipinski definition) is 1. The van der Waals surface area contributed by atoms with Crippen LogP contribution >= 0.6 is 11.8 Å². The largest absolute Gasteiger partial charge is 0.573 e. The van der Waals surface area contributed by atoms with Crippen LogP contribution in [-0.4, -0.2) is 57.8 Å². The molecule has 0 saturated carbocycles. The molecule has 254 valence electrons. The maximum absolute atomic E-state index is 13.0. The highest BCUT2D eigenvalue weighted by Crippen LogP contribution is 2.37. The number of anilines is 1. The summed E-state index contributed by atoms with van der Waals surface area (Å²) in [6.07, 6.45) is -1.54. The molecule has 48 heavy (non-hydrogen) atoms. The van der Waals surface area contributed by atoms with Crippen molar-refractivity contribution in [3.05, 3.63) is 84.2 Å². The molecule has 0 spiro atoms. The van der Waals surface area contributed by atoms with Gasteiger partial charge in [0.1, 0.15) is 17.8 Å². The number of nitrogens with one attached hydrogen (secondary N) is 1. The van der Waals surface area contributed by atoms with Gasteiger partial charge in [-0.15, -0.1) is 18.3 Å². The van der Waals surface area contributed by atoms with Gasteiger partial charge in [-0.3, -0.25) is 0 Å². The molecule has 0 aliphatic carbocycles. The molecule has 1 saturated heterocycles. The van der Waals surface area contributed by atoms with Crippen molar-refractivity contribution in [2.75, 3.05) is 24.3 Å². The molecule has 3 aromatic carbocycles. The Morgan fingerprint density at radius 3 is 2.44 bits per heavy atom. The van der Waals surface area contributed by atoms with E-state index in [1.807, 2.05) is 30.3 Å². The Bertz CT molecular complexity index is 1720. The molecule has 4 aromatic rings. The van der Waals surface area contributed by atoms with Crippen molar-refractivity contribution >= 4 is 28.6 Å². The number of nitrogens with zero attached hydrogens (tertiary/aromatic N) is 5. The molecule has 1 aliphatic rings. The van der Waals surface area contributed by atoms with Crippen molar-refractivity contribution in [1.82, 2.24) is 20.1 Å². The molecule has 2 atom stereocenters. The number of aromatic nitrogens is 3. The van der Waals surface area contributed by atoms with Crippen LogP contribution in [-0.2, 0) is 0 Å². The Labute approximate surface area is 282 Å². The molecule has 1 N–H and O–H groups in total. The minimum atomic E-state index is -4.75. The fourth-order valence-corrected chi connectivity index (χ4v) is 6.65. The van der Waals surface area contributed by atoms with Crippen molar-refractivity contribution in [2.24, 2.45) is 4.99 Å². The number of thioether (sulfide) groups is 1. The van der Waals surface area contributed by atoms with Crippen LogP contribution in [0.25, 0.3) is 17.1 Å². The number of urea groups is 1. The highest BCUT2D eigenvalue weighted by Gasteiger charge is 2.31. The van der Waals surface area contributed by atoms with Gasteiger partial charge in [0.05, 0.1) is 12.8 Å². The molecular formula is C35H39F3N6O3S. The molecule has 1 fully saturated rings. The van der Waals surface area contributed by atoms with E-state index in [9.17, 15) is 18.0 Å². The number of rotatable bonds is 10. The van der Waals surface area contributed by atoms with Gasteiger partial charge in [0.2, 0.25) is 0 Å². The number of amidine groups is 1. The van der Waals surface area contributed by atoms with Gasteiger partial charge in [-0.1, -0.05) is 56.8 Å². The van der Waals surface area contributed by atoms with E-state index in [1.54, 1.807) is 18.9 Å². The van der Waals surface area contributed by atoms with E-state index in [1.165, 1.54) is 35.3 Å². The number of methoxy groups -OCH3 is 1. The number of alkyl halides is 3. The average molecular weight is 681 g/mol. The zero-order chi connectivity index (χ0) is 34.4. The van der Waals surface area contributed by atoms with E-state index in [4.69, 9.17) is 4.74 Å². The number of ether oxygens (including phenoxy) is 2. The van der Waals surface area contributed by atoms with Gasteiger partial charge in [0.15, 0.2) is 11.0 Å². The molecule has 2 unspecified atom stereocenters. The second-order valence-electron chi connectivity index (χ2n) is 11.9. The minimum absolute atomic E-state index is 0.170. The maximum Gasteiger partial charge on any atom is 0.573 e. The van der Waals surface area contributed by atoms with Gasteiger partial charge in [-0.25, -0.2) is 14.5 Å². The first-order valence-corrected chi connectivity index (χ1v) is 16.7. The summed E-state index contributed by atoms with van der Waals surface area (Å²) in [7, 11) is 1.66. The third-order valence-corrected chi connectivity index (χ3v) is 9.13. The second-order valence-corrected chi connectivity index (χ2v) is 13.0. The van der Waals surface area contributed by atoms with Gasteiger partial charge in [-0.2, -0.15) is 4.99 Å². The van der Waals surface area contributed by atoms with Crippen molar-refractivity contribution in [3.8, 4) is 28.6 Å². The van der Waals surface area contributed by atoms with Crippen LogP contribution in [0.2, 0.25) is 0 Å². The number of benzene rings is 3. The summed E-state index contributed by atoms with van der Waals surface area (Å²) in [6.45, 7) is 9.03. The summed E-state index contributed by atoms with van der Waals surface area (Å²) < 4.78 is 48.2. The van der Waals surface area contributed by atoms with E-state index in [2.05, 4.69) is 69.9 Å². The fourth-order valence-electron chi connectivity index (χ4n) is 5.45. The molecule has 1 aromatic heterocycles. The Morgan fingerprint density at radius 2 is 1.77 bits per heavy atom. The van der Waals surface area contributed by atoms with Gasteiger partial charge >= 0.3 is 12.4 Å². The lowest BCUT2D eigenvalue weighted by Crippen LogP contribution is -2.42. The molecule has 13 heteroatoms. The van der Waals surface area contributed by atoms with Gasteiger partial charge in [0, 0.05) is 29.6 Å². The normalized spacial score (nSPS) is 16.6. The van der Waals surface area contributed by atoms with Gasteiger partial charge in [0.25, 0.3) is 0 Å². The molecular weight excluding hydrogens is 641 g/mol. The van der Waals surface area contributed by atoms with E-state index in [0.29, 0.717) is 23.2 Å². The summed E-state index contributed by atoms with van der Waals surface area (Å²) in [5.41, 5.74) is 4.64. The number of hydrogen-bond acceptors (Lipinski definition) is 6. The summed E-state index contributed by atoms with van der Waals surface area (Å²) in [6, 6.07) is 19.2. The van der Waals surface area contributed by atoms with Crippen LogP contribution in [0.5, 0.6) is 11.5 Å². The van der Waals surface area contributed by atoms with Crippen molar-refractivity contribution < 1.29 is 27.4 Å². The molecule has 0 radical (unpaired) electrons. The first-order valence-electron chi connectivity index (χ1n) is 15.8. The smallest absolute Gasteiger partial charge is 0.497 e. The standard InChI is InChI=1S/C35H39F3N6O3S/c1-22(2)30-20-29(46-5)14-15-31(30)44-24(4)17-19-48-34(44)41-33(45)39-18-16-23(3)25-6-8-26(9-7-25)32-40-21-43(42-32)27-10-12-28(13-11-27)47-35(36,37)38/h6-15,20-24H,16-19H2,1-5H3,(H,39,45). The predicted octanol–water partition coefficient (Wildman–Crippen LogP) is 8.56. The van der Waals surface area contributed by atoms with Crippen LogP contribution < -0.4 is 19.7 Å². The zero-order valence-electron chi connectivity index (χ0n) is 27.5. The number of amides is 2. The lowest BCUT2D eigenvalue weighted by atomic mass is 9.96. The molecule has 2 heterocycles. The third kappa shape index (κ3) is 8.68. The number of carbonyl (C=O) groups is 1. The Hall–Kier alpha value is -4.52. The van der Waals surface area contributed by atoms with Crippen LogP contribution in [0.1, 0.15) is 63.5 Å². The summed E-state index contributed by atoms with van der Waals surface area (Å²) in [4.78, 5) is 24.0. The van der Waals surface area contributed by atoms with Gasteiger partial charge < -0.3 is 19.7 Å². The lowest BCUT2D eigenvalue weighted by Gasteiger charge is -2.37. The molecule has 0 bridgehead atoms. The second kappa shape index (κ2) is 15.1. The third-order valence-electron chi connectivity index (χ3n) is 8.15. The average Bonchev–Trinajstić information content (AvgIpc) is 3.55. The van der Waals surface area contributed by atoms with E-state index in [-0.39, 0.29) is 29.7 Å². The maximum atomic E-state index is 13.0. The summed E-state index contributed by atoms with van der Waals surface area (Å²) in [5.74, 6) is 2.31. The summed E-state index contributed by atoms with van der Waals surface area (Å²) >= 11 is 1.60. The van der Waals surface area contributed by atoms with E-state index in [0.717, 1.165) is 46.7 Å². The Morgan fingerprint density at radius 1 is 1.06 bits per heavy atom. The van der Waals surface area contributed by atoms with E-state index >= 15 is 0 Å². The highest BCUT2D eigenvalue weighted by atomic mass is 32.2. The molecule has 1 aliphatic heterocycles. The molecule has 9 nitrogen and oxygen atoms in total. The van der Waals surface area contributed by atoms with E-state index < -0.39 is 6.36 Å². The topological polar surface area (TPSA) is 93.9 Å². The quantitative estimate of drug-likeness (QED) is 0.179. The first-order chi connectivity index (χ1) is 22.9. The highest BCUT2D eigenvalue weighted by molar-refractivity contribution is 8.14.